The Bertz CT molecular complexity index is 746. The van der Waals surface area contributed by atoms with Gasteiger partial charge in [-0.25, -0.2) is 9.18 Å². The lowest BCUT2D eigenvalue weighted by Gasteiger charge is -2.17. The van der Waals surface area contributed by atoms with E-state index in [1.165, 1.54) is 6.07 Å². The van der Waals surface area contributed by atoms with E-state index in [-0.39, 0.29) is 18.3 Å². The molecule has 0 aliphatic heterocycles. The van der Waals surface area contributed by atoms with Crippen molar-refractivity contribution in [3.05, 3.63) is 59.9 Å². The Morgan fingerprint density at radius 3 is 2.40 bits per heavy atom. The molecule has 0 bridgehead atoms. The number of nitrogens with one attached hydrogen (secondary N) is 1. The Hall–Kier alpha value is -2.69. The monoisotopic (exact) mass is 343 g/mol. The molecule has 132 valence electrons. The lowest BCUT2D eigenvalue weighted by Crippen LogP contribution is -2.41. The average Bonchev–Trinajstić information content (AvgIpc) is 2.61. The van der Waals surface area contributed by atoms with Crippen LogP contribution in [-0.2, 0) is 14.3 Å². The third-order valence-corrected chi connectivity index (χ3v) is 3.97. The SMILES string of the molecule is CCOC(=O)[C@H](C)NC(=O)C(C)c1ccc(-c2ccccc2)c(F)c1. The first-order valence-electron chi connectivity index (χ1n) is 8.26. The smallest absolute Gasteiger partial charge is 0.328 e. The number of carbonyl (C=O) groups is 2. The number of hydrogen-bond donors (Lipinski definition) is 1. The summed E-state index contributed by atoms with van der Waals surface area (Å²) in [5, 5.41) is 2.59. The van der Waals surface area contributed by atoms with E-state index in [0.717, 1.165) is 5.56 Å². The standard InChI is InChI=1S/C20H22FNO3/c1-4-25-20(24)14(3)22-19(23)13(2)16-10-11-17(18(21)12-16)15-8-6-5-7-9-15/h5-14H,4H2,1-3H3,(H,22,23)/t13?,14-/m0/s1. The molecule has 2 rings (SSSR count). The van der Waals surface area contributed by atoms with Gasteiger partial charge in [0.15, 0.2) is 0 Å². The third kappa shape index (κ3) is 4.66. The van der Waals surface area contributed by atoms with Gasteiger partial charge in [0.1, 0.15) is 11.9 Å². The molecule has 0 fully saturated rings. The highest BCUT2D eigenvalue weighted by Crippen LogP contribution is 2.26. The van der Waals surface area contributed by atoms with E-state index in [1.807, 2.05) is 30.3 Å². The van der Waals surface area contributed by atoms with Crippen molar-refractivity contribution in [1.29, 1.82) is 0 Å². The zero-order valence-corrected chi connectivity index (χ0v) is 14.6. The van der Waals surface area contributed by atoms with E-state index >= 15 is 0 Å². The Labute approximate surface area is 147 Å². The summed E-state index contributed by atoms with van der Waals surface area (Å²) in [6, 6.07) is 13.2. The van der Waals surface area contributed by atoms with Crippen molar-refractivity contribution in [2.45, 2.75) is 32.7 Å². The molecule has 1 unspecified atom stereocenters. The zero-order chi connectivity index (χ0) is 18.4. The highest BCUT2D eigenvalue weighted by molar-refractivity contribution is 5.88. The van der Waals surface area contributed by atoms with Gasteiger partial charge in [0.05, 0.1) is 12.5 Å². The van der Waals surface area contributed by atoms with Crippen LogP contribution in [0, 0.1) is 5.82 Å². The Morgan fingerprint density at radius 1 is 1.12 bits per heavy atom. The van der Waals surface area contributed by atoms with Crippen molar-refractivity contribution in [3.63, 3.8) is 0 Å². The fourth-order valence-corrected chi connectivity index (χ4v) is 2.47. The second-order valence-electron chi connectivity index (χ2n) is 5.81. The van der Waals surface area contributed by atoms with Crippen LogP contribution in [0.25, 0.3) is 11.1 Å². The Balaban J connectivity index is 2.12. The van der Waals surface area contributed by atoms with Crippen molar-refractivity contribution in [3.8, 4) is 11.1 Å². The second kappa shape index (κ2) is 8.42. The van der Waals surface area contributed by atoms with Crippen LogP contribution in [0.3, 0.4) is 0 Å². The molecule has 0 aromatic heterocycles. The highest BCUT2D eigenvalue weighted by Gasteiger charge is 2.22. The molecular formula is C20H22FNO3. The van der Waals surface area contributed by atoms with Gasteiger partial charge >= 0.3 is 5.97 Å². The number of carbonyl (C=O) groups excluding carboxylic acids is 2. The molecule has 0 radical (unpaired) electrons. The van der Waals surface area contributed by atoms with Crippen LogP contribution < -0.4 is 5.32 Å². The van der Waals surface area contributed by atoms with Crippen LogP contribution in [0.1, 0.15) is 32.3 Å². The van der Waals surface area contributed by atoms with Crippen LogP contribution >= 0.6 is 0 Å². The minimum atomic E-state index is -0.747. The molecule has 5 heteroatoms. The number of rotatable bonds is 6. The minimum absolute atomic E-state index is 0.251. The first-order valence-corrected chi connectivity index (χ1v) is 8.26. The largest absolute Gasteiger partial charge is 0.464 e. The normalized spacial score (nSPS) is 13.0. The summed E-state index contributed by atoms with van der Waals surface area (Å²) in [5.41, 5.74) is 1.81. The number of esters is 1. The van der Waals surface area contributed by atoms with Crippen LogP contribution in [0.2, 0.25) is 0 Å². The van der Waals surface area contributed by atoms with Crippen molar-refractivity contribution >= 4 is 11.9 Å². The lowest BCUT2D eigenvalue weighted by atomic mass is 9.96. The van der Waals surface area contributed by atoms with Gasteiger partial charge in [0.2, 0.25) is 5.91 Å². The summed E-state index contributed by atoms with van der Waals surface area (Å²) in [7, 11) is 0. The highest BCUT2D eigenvalue weighted by atomic mass is 19.1. The molecule has 2 aromatic rings. The fraction of sp³-hybridized carbons (Fsp3) is 0.300. The van der Waals surface area contributed by atoms with E-state index in [4.69, 9.17) is 4.74 Å². The predicted octanol–water partition coefficient (Wildman–Crippen LogP) is 3.66. The van der Waals surface area contributed by atoms with E-state index in [1.54, 1.807) is 32.9 Å². The topological polar surface area (TPSA) is 55.4 Å². The number of halogens is 1. The number of ether oxygens (including phenoxy) is 1. The van der Waals surface area contributed by atoms with Gasteiger partial charge < -0.3 is 10.1 Å². The Morgan fingerprint density at radius 2 is 1.80 bits per heavy atom. The zero-order valence-electron chi connectivity index (χ0n) is 14.6. The van der Waals surface area contributed by atoms with Gasteiger partial charge in [0.25, 0.3) is 0 Å². The molecule has 0 saturated carbocycles. The molecule has 0 heterocycles. The van der Waals surface area contributed by atoms with Crippen molar-refractivity contribution in [2.75, 3.05) is 6.61 Å². The van der Waals surface area contributed by atoms with E-state index in [2.05, 4.69) is 5.32 Å². The number of benzene rings is 2. The molecule has 4 nitrogen and oxygen atoms in total. The van der Waals surface area contributed by atoms with Crippen molar-refractivity contribution < 1.29 is 18.7 Å². The summed E-state index contributed by atoms with van der Waals surface area (Å²) >= 11 is 0. The molecule has 25 heavy (non-hydrogen) atoms. The summed E-state index contributed by atoms with van der Waals surface area (Å²) in [4.78, 5) is 23.9. The fourth-order valence-electron chi connectivity index (χ4n) is 2.47. The maximum Gasteiger partial charge on any atom is 0.328 e. The Kier molecular flexibility index (Phi) is 6.28. The first kappa shape index (κ1) is 18.6. The number of amides is 1. The van der Waals surface area contributed by atoms with Gasteiger partial charge in [-0.15, -0.1) is 0 Å². The maximum absolute atomic E-state index is 14.4. The van der Waals surface area contributed by atoms with Crippen LogP contribution in [0.15, 0.2) is 48.5 Å². The van der Waals surface area contributed by atoms with E-state index in [9.17, 15) is 14.0 Å². The summed E-state index contributed by atoms with van der Waals surface area (Å²) in [5.74, 6) is -1.82. The molecule has 2 aromatic carbocycles. The molecule has 1 amide bonds. The first-order chi connectivity index (χ1) is 11.9. The maximum atomic E-state index is 14.4. The lowest BCUT2D eigenvalue weighted by molar-refractivity contribution is -0.147. The van der Waals surface area contributed by atoms with Gasteiger partial charge in [-0.3, -0.25) is 4.79 Å². The molecule has 1 N–H and O–H groups in total. The van der Waals surface area contributed by atoms with Crippen molar-refractivity contribution in [2.24, 2.45) is 0 Å². The van der Waals surface area contributed by atoms with E-state index in [0.29, 0.717) is 11.1 Å². The second-order valence-corrected chi connectivity index (χ2v) is 5.81. The molecule has 0 saturated heterocycles. The van der Waals surface area contributed by atoms with Crippen LogP contribution in [-0.4, -0.2) is 24.5 Å². The molecule has 2 atom stereocenters. The van der Waals surface area contributed by atoms with Gasteiger partial charge in [-0.1, -0.05) is 42.5 Å². The third-order valence-electron chi connectivity index (χ3n) is 3.97. The molecular weight excluding hydrogens is 321 g/mol. The average molecular weight is 343 g/mol. The summed E-state index contributed by atoms with van der Waals surface area (Å²) in [6.45, 7) is 5.18. The molecule has 0 aliphatic carbocycles. The van der Waals surface area contributed by atoms with Crippen molar-refractivity contribution in [1.82, 2.24) is 5.32 Å². The quantitative estimate of drug-likeness (QED) is 0.814. The minimum Gasteiger partial charge on any atom is -0.464 e. The van der Waals surface area contributed by atoms with Crippen LogP contribution in [0.4, 0.5) is 4.39 Å². The van der Waals surface area contributed by atoms with Gasteiger partial charge in [-0.2, -0.15) is 0 Å². The summed E-state index contributed by atoms with van der Waals surface area (Å²) in [6.07, 6.45) is 0. The van der Waals surface area contributed by atoms with Crippen LogP contribution in [0.5, 0.6) is 0 Å². The van der Waals surface area contributed by atoms with E-state index < -0.39 is 17.9 Å². The summed E-state index contributed by atoms with van der Waals surface area (Å²) < 4.78 is 19.3. The molecule has 0 spiro atoms. The number of hydrogen-bond acceptors (Lipinski definition) is 3. The molecule has 0 aliphatic rings. The predicted molar refractivity (Wildman–Crippen MR) is 94.5 cm³/mol. The van der Waals surface area contributed by atoms with Gasteiger partial charge in [-0.05, 0) is 38.0 Å². The van der Waals surface area contributed by atoms with Gasteiger partial charge in [0, 0.05) is 5.56 Å².